The molecule has 0 spiro atoms. The lowest BCUT2D eigenvalue weighted by Crippen LogP contribution is -2.25. The highest BCUT2D eigenvalue weighted by Crippen LogP contribution is 2.25. The first kappa shape index (κ1) is 19.1. The van der Waals surface area contributed by atoms with E-state index >= 15 is 0 Å². The molecule has 2 aromatic rings. The van der Waals surface area contributed by atoms with Crippen molar-refractivity contribution in [3.05, 3.63) is 69.8 Å². The van der Waals surface area contributed by atoms with Gasteiger partial charge in [0, 0.05) is 17.7 Å². The van der Waals surface area contributed by atoms with E-state index in [2.05, 4.69) is 24.4 Å². The molecule has 0 aliphatic heterocycles. The van der Waals surface area contributed by atoms with E-state index in [1.165, 1.54) is 12.1 Å². The van der Waals surface area contributed by atoms with Crippen molar-refractivity contribution in [2.75, 3.05) is 6.61 Å². The summed E-state index contributed by atoms with van der Waals surface area (Å²) in [4.78, 5) is 22.3. The maximum absolute atomic E-state index is 12.0. The molecule has 0 radical (unpaired) electrons. The van der Waals surface area contributed by atoms with Gasteiger partial charge in [0.1, 0.15) is 5.75 Å². The van der Waals surface area contributed by atoms with Crippen molar-refractivity contribution in [3.8, 4) is 5.75 Å². The zero-order chi connectivity index (χ0) is 19.1. The Morgan fingerprint density at radius 1 is 1.23 bits per heavy atom. The number of nitro benzene ring substituents is 1. The normalized spacial score (nSPS) is 11.3. The fourth-order valence-electron chi connectivity index (χ4n) is 2.32. The Morgan fingerprint density at radius 2 is 1.96 bits per heavy atom. The first-order chi connectivity index (χ1) is 12.4. The van der Waals surface area contributed by atoms with Crippen LogP contribution in [0.3, 0.4) is 0 Å². The van der Waals surface area contributed by atoms with E-state index in [1.54, 1.807) is 19.1 Å². The summed E-state index contributed by atoms with van der Waals surface area (Å²) in [6.45, 7) is 5.59. The molecule has 2 rings (SSSR count). The SMILES string of the molecule is CC(=NNC(=O)COc1ccccc1C(C)C)c1cccc([N+](=O)[O-])c1. The number of nitrogens with zero attached hydrogens (tertiary/aromatic N) is 2. The highest BCUT2D eigenvalue weighted by molar-refractivity contribution is 5.99. The van der Waals surface area contributed by atoms with Crippen LogP contribution in [0.5, 0.6) is 5.75 Å². The van der Waals surface area contributed by atoms with Crippen LogP contribution < -0.4 is 10.2 Å². The van der Waals surface area contributed by atoms with Crippen molar-refractivity contribution in [1.29, 1.82) is 0 Å². The van der Waals surface area contributed by atoms with Crippen LogP contribution in [0.25, 0.3) is 0 Å². The molecule has 0 heterocycles. The maximum Gasteiger partial charge on any atom is 0.277 e. The molecule has 0 aliphatic carbocycles. The Balaban J connectivity index is 1.97. The Labute approximate surface area is 151 Å². The third kappa shape index (κ3) is 5.14. The number of carbonyl (C=O) groups excluding carboxylic acids is 1. The van der Waals surface area contributed by atoms with E-state index in [9.17, 15) is 14.9 Å². The number of para-hydroxylation sites is 1. The first-order valence-corrected chi connectivity index (χ1v) is 8.18. The van der Waals surface area contributed by atoms with Gasteiger partial charge in [0.15, 0.2) is 6.61 Å². The number of amides is 1. The third-order valence-corrected chi connectivity index (χ3v) is 3.72. The lowest BCUT2D eigenvalue weighted by atomic mass is 10.0. The fourth-order valence-corrected chi connectivity index (χ4v) is 2.32. The monoisotopic (exact) mass is 355 g/mol. The lowest BCUT2D eigenvalue weighted by molar-refractivity contribution is -0.384. The number of benzene rings is 2. The van der Waals surface area contributed by atoms with Gasteiger partial charge in [-0.3, -0.25) is 14.9 Å². The van der Waals surface area contributed by atoms with Gasteiger partial charge in [-0.1, -0.05) is 44.2 Å². The molecule has 7 heteroatoms. The molecule has 7 nitrogen and oxygen atoms in total. The summed E-state index contributed by atoms with van der Waals surface area (Å²) in [5.41, 5.74) is 4.42. The Kier molecular flexibility index (Phi) is 6.43. The van der Waals surface area contributed by atoms with Crippen LogP contribution in [0.2, 0.25) is 0 Å². The van der Waals surface area contributed by atoms with E-state index in [1.807, 2.05) is 24.3 Å². The minimum absolute atomic E-state index is 0.0306. The number of hydrazone groups is 1. The van der Waals surface area contributed by atoms with Crippen LogP contribution in [-0.2, 0) is 4.79 Å². The van der Waals surface area contributed by atoms with Crippen LogP contribution >= 0.6 is 0 Å². The highest BCUT2D eigenvalue weighted by atomic mass is 16.6. The molecule has 2 aromatic carbocycles. The number of carbonyl (C=O) groups is 1. The minimum atomic E-state index is -0.477. The Bertz CT molecular complexity index is 831. The van der Waals surface area contributed by atoms with Crippen molar-refractivity contribution < 1.29 is 14.5 Å². The predicted octanol–water partition coefficient (Wildman–Crippen LogP) is 3.64. The number of ether oxygens (including phenoxy) is 1. The van der Waals surface area contributed by atoms with E-state index in [0.717, 1.165) is 5.56 Å². The number of nitrogens with one attached hydrogen (secondary N) is 1. The molecule has 0 fully saturated rings. The molecule has 1 amide bonds. The summed E-state index contributed by atoms with van der Waals surface area (Å²) < 4.78 is 5.58. The molecular formula is C19H21N3O4. The molecule has 0 aliphatic rings. The third-order valence-electron chi connectivity index (χ3n) is 3.72. The van der Waals surface area contributed by atoms with Crippen LogP contribution in [0.15, 0.2) is 53.6 Å². The van der Waals surface area contributed by atoms with Crippen LogP contribution in [0.1, 0.15) is 37.8 Å². The molecule has 0 aromatic heterocycles. The number of rotatable bonds is 7. The summed E-state index contributed by atoms with van der Waals surface area (Å²) in [6.07, 6.45) is 0. The van der Waals surface area contributed by atoms with Gasteiger partial charge in [0.2, 0.25) is 0 Å². The van der Waals surface area contributed by atoms with Crippen molar-refractivity contribution in [2.45, 2.75) is 26.7 Å². The molecule has 0 atom stereocenters. The molecule has 0 saturated carbocycles. The smallest absolute Gasteiger partial charge is 0.277 e. The summed E-state index contributed by atoms with van der Waals surface area (Å²) in [5, 5.41) is 14.8. The van der Waals surface area contributed by atoms with Crippen molar-refractivity contribution in [1.82, 2.24) is 5.43 Å². The Morgan fingerprint density at radius 3 is 2.65 bits per heavy atom. The maximum atomic E-state index is 12.0. The number of non-ortho nitro benzene ring substituents is 1. The van der Waals surface area contributed by atoms with Gasteiger partial charge < -0.3 is 4.74 Å². The second kappa shape index (κ2) is 8.75. The van der Waals surface area contributed by atoms with Crippen molar-refractivity contribution in [3.63, 3.8) is 0 Å². The largest absolute Gasteiger partial charge is 0.483 e. The van der Waals surface area contributed by atoms with Crippen molar-refractivity contribution in [2.24, 2.45) is 5.10 Å². The average Bonchev–Trinajstić information content (AvgIpc) is 2.64. The van der Waals surface area contributed by atoms with Gasteiger partial charge in [-0.05, 0) is 24.5 Å². The second-order valence-electron chi connectivity index (χ2n) is 6.02. The predicted molar refractivity (Wildman–Crippen MR) is 99.5 cm³/mol. The van der Waals surface area contributed by atoms with Crippen molar-refractivity contribution >= 4 is 17.3 Å². The quantitative estimate of drug-likeness (QED) is 0.466. The van der Waals surface area contributed by atoms with Gasteiger partial charge in [-0.2, -0.15) is 5.10 Å². The topological polar surface area (TPSA) is 93.8 Å². The summed E-state index contributed by atoms with van der Waals surface area (Å²) >= 11 is 0. The first-order valence-electron chi connectivity index (χ1n) is 8.18. The summed E-state index contributed by atoms with van der Waals surface area (Å²) in [6, 6.07) is 13.6. The van der Waals surface area contributed by atoms with Gasteiger partial charge in [-0.15, -0.1) is 0 Å². The number of hydrogen-bond donors (Lipinski definition) is 1. The zero-order valence-electron chi connectivity index (χ0n) is 14.9. The van der Waals surface area contributed by atoms with Gasteiger partial charge in [0.25, 0.3) is 11.6 Å². The van der Waals surface area contributed by atoms with E-state index in [4.69, 9.17) is 4.74 Å². The van der Waals surface area contributed by atoms with Gasteiger partial charge in [0.05, 0.1) is 10.6 Å². The summed E-state index contributed by atoms with van der Waals surface area (Å²) in [7, 11) is 0. The van der Waals surface area contributed by atoms with E-state index < -0.39 is 10.8 Å². The number of nitro groups is 1. The zero-order valence-corrected chi connectivity index (χ0v) is 14.9. The molecule has 0 saturated heterocycles. The van der Waals surface area contributed by atoms with E-state index in [-0.39, 0.29) is 18.2 Å². The standard InChI is InChI=1S/C19H21N3O4/c1-13(2)17-9-4-5-10-18(17)26-12-19(23)21-20-14(3)15-7-6-8-16(11-15)22(24)25/h4-11,13H,12H2,1-3H3,(H,21,23). The second-order valence-corrected chi connectivity index (χ2v) is 6.02. The molecule has 0 unspecified atom stereocenters. The van der Waals surface area contributed by atoms with E-state index in [0.29, 0.717) is 17.0 Å². The molecule has 1 N–H and O–H groups in total. The van der Waals surface area contributed by atoms with Gasteiger partial charge in [-0.25, -0.2) is 5.43 Å². The molecular weight excluding hydrogens is 334 g/mol. The van der Waals surface area contributed by atoms with Crippen LogP contribution in [0.4, 0.5) is 5.69 Å². The van der Waals surface area contributed by atoms with Crippen LogP contribution in [0, 0.1) is 10.1 Å². The van der Waals surface area contributed by atoms with Crippen LogP contribution in [-0.4, -0.2) is 23.1 Å². The fraction of sp³-hybridized carbons (Fsp3) is 0.263. The minimum Gasteiger partial charge on any atom is -0.483 e. The van der Waals surface area contributed by atoms with Gasteiger partial charge >= 0.3 is 0 Å². The molecule has 136 valence electrons. The summed E-state index contributed by atoms with van der Waals surface area (Å²) in [5.74, 6) is 0.536. The Hall–Kier alpha value is -3.22. The number of hydrogen-bond acceptors (Lipinski definition) is 5. The molecule has 0 bridgehead atoms. The average molecular weight is 355 g/mol. The molecule has 26 heavy (non-hydrogen) atoms. The highest BCUT2D eigenvalue weighted by Gasteiger charge is 2.10. The lowest BCUT2D eigenvalue weighted by Gasteiger charge is -2.13.